The minimum absolute atomic E-state index is 0. The summed E-state index contributed by atoms with van der Waals surface area (Å²) in [7, 11) is 0. The molecule has 0 fully saturated rings. The SMILES string of the molecule is Cl.Cl.Cl.Cl.Cl.Cl.[Cl-].[Mg+2]. The Morgan fingerprint density at radius 3 is 0.375 bits per heavy atom. The standard InChI is InChI=1S/7ClH.Mg/h7*1H;/q;;;;;;;+2/p-1. The van der Waals surface area contributed by atoms with E-state index in [1.807, 2.05) is 0 Å². The van der Waals surface area contributed by atoms with Crippen LogP contribution in [0.1, 0.15) is 0 Å². The molecule has 0 saturated carbocycles. The molecule has 0 atom stereocenters. The Labute approximate surface area is 109 Å². The first-order valence-corrected chi connectivity index (χ1v) is 0. The Hall–Kier alpha value is 2.80. The van der Waals surface area contributed by atoms with Crippen molar-refractivity contribution in [2.75, 3.05) is 0 Å². The van der Waals surface area contributed by atoms with Gasteiger partial charge in [-0.1, -0.05) is 0 Å². The van der Waals surface area contributed by atoms with Crippen molar-refractivity contribution in [2.24, 2.45) is 0 Å². The molecule has 0 bridgehead atoms. The largest absolute Gasteiger partial charge is 2.00 e. The van der Waals surface area contributed by atoms with Crippen LogP contribution in [0.4, 0.5) is 0 Å². The van der Waals surface area contributed by atoms with E-state index in [4.69, 9.17) is 0 Å². The van der Waals surface area contributed by atoms with Crippen LogP contribution in [-0.4, -0.2) is 23.1 Å². The van der Waals surface area contributed by atoms with E-state index in [1.165, 1.54) is 0 Å². The van der Waals surface area contributed by atoms with E-state index in [9.17, 15) is 0 Å². The van der Waals surface area contributed by atoms with Crippen molar-refractivity contribution in [3.8, 4) is 0 Å². The summed E-state index contributed by atoms with van der Waals surface area (Å²) in [4.78, 5) is 0. The first-order valence-electron chi connectivity index (χ1n) is 0. The smallest absolute Gasteiger partial charge is 1.00 e. The second-order valence-corrected chi connectivity index (χ2v) is 0. The third kappa shape index (κ3) is 68.4. The number of hydrogen-bond donors (Lipinski definition) is 0. The minimum atomic E-state index is 0. The topological polar surface area (TPSA) is 0 Å². The van der Waals surface area contributed by atoms with Gasteiger partial charge in [-0.2, -0.15) is 0 Å². The van der Waals surface area contributed by atoms with Crippen molar-refractivity contribution in [1.82, 2.24) is 0 Å². The third-order valence-electron chi connectivity index (χ3n) is 0. The second kappa shape index (κ2) is 96.9. The fourth-order valence-corrected chi connectivity index (χ4v) is 0. The van der Waals surface area contributed by atoms with Crippen LogP contribution >= 0.6 is 74.4 Å². The molecule has 0 unspecified atom stereocenters. The second-order valence-electron chi connectivity index (χ2n) is 0. The van der Waals surface area contributed by atoms with E-state index < -0.39 is 0 Å². The zero-order valence-electron chi connectivity index (χ0n) is 3.53. The van der Waals surface area contributed by atoms with Crippen LogP contribution in [0.3, 0.4) is 0 Å². The average molecular weight is 279 g/mol. The predicted molar refractivity (Wildman–Crippen MR) is 49.2 cm³/mol. The van der Waals surface area contributed by atoms with E-state index in [1.54, 1.807) is 0 Å². The van der Waals surface area contributed by atoms with E-state index in [-0.39, 0.29) is 110 Å². The molecule has 0 amide bonds. The molecule has 8 heteroatoms. The number of halogens is 7. The summed E-state index contributed by atoms with van der Waals surface area (Å²) >= 11 is 0. The summed E-state index contributed by atoms with van der Waals surface area (Å²) in [5.74, 6) is 0. The van der Waals surface area contributed by atoms with E-state index in [0.29, 0.717) is 0 Å². The van der Waals surface area contributed by atoms with Gasteiger partial charge in [-0.25, -0.2) is 0 Å². The first-order chi connectivity index (χ1) is 0. The third-order valence-corrected chi connectivity index (χ3v) is 0. The Morgan fingerprint density at radius 2 is 0.375 bits per heavy atom. The monoisotopic (exact) mass is 275 g/mol. The van der Waals surface area contributed by atoms with Gasteiger partial charge in [-0.3, -0.25) is 0 Å². The van der Waals surface area contributed by atoms with E-state index in [2.05, 4.69) is 0 Å². The summed E-state index contributed by atoms with van der Waals surface area (Å²) in [5, 5.41) is 0. The van der Waals surface area contributed by atoms with Crippen LogP contribution in [-0.2, 0) is 0 Å². The van der Waals surface area contributed by atoms with Gasteiger partial charge in [0.1, 0.15) is 0 Å². The van der Waals surface area contributed by atoms with Crippen LogP contribution in [0, 0.1) is 0 Å². The van der Waals surface area contributed by atoms with Crippen molar-refractivity contribution in [1.29, 1.82) is 0 Å². The van der Waals surface area contributed by atoms with Crippen molar-refractivity contribution in [3.63, 3.8) is 0 Å². The summed E-state index contributed by atoms with van der Waals surface area (Å²) in [6, 6.07) is 0. The summed E-state index contributed by atoms with van der Waals surface area (Å²) in [6.45, 7) is 0. The number of rotatable bonds is 0. The molecular formula is H6Cl7Mg+. The summed E-state index contributed by atoms with van der Waals surface area (Å²) in [6.07, 6.45) is 0. The Bertz CT molecular complexity index is 4.35. The number of hydrogen-bond acceptors (Lipinski definition) is 0. The first kappa shape index (κ1) is 133. The molecule has 0 heterocycles. The molecule has 0 aromatic rings. The van der Waals surface area contributed by atoms with Gasteiger partial charge in [0.15, 0.2) is 0 Å². The molecule has 0 aliphatic heterocycles. The van der Waals surface area contributed by atoms with Crippen molar-refractivity contribution in [3.05, 3.63) is 0 Å². The molecular weight excluding hydrogens is 272 g/mol. The molecule has 0 N–H and O–H groups in total. The quantitative estimate of drug-likeness (QED) is 0.507. The maximum absolute atomic E-state index is 0. The average Bonchev–Trinajstić information content (AvgIpc) is 0. The van der Waals surface area contributed by atoms with Gasteiger partial charge in [0.25, 0.3) is 0 Å². The zero-order chi connectivity index (χ0) is 0. The van der Waals surface area contributed by atoms with Gasteiger partial charge in [0.05, 0.1) is 0 Å². The molecule has 0 nitrogen and oxygen atoms in total. The van der Waals surface area contributed by atoms with Crippen molar-refractivity contribution in [2.45, 2.75) is 0 Å². The normalized spacial score (nSPS) is 0. The van der Waals surface area contributed by atoms with Crippen molar-refractivity contribution < 1.29 is 12.4 Å². The van der Waals surface area contributed by atoms with Crippen LogP contribution in [0.2, 0.25) is 0 Å². The van der Waals surface area contributed by atoms with Gasteiger partial charge in [0.2, 0.25) is 0 Å². The van der Waals surface area contributed by atoms with Crippen LogP contribution in [0.5, 0.6) is 0 Å². The van der Waals surface area contributed by atoms with Gasteiger partial charge < -0.3 is 12.4 Å². The van der Waals surface area contributed by atoms with Gasteiger partial charge in [-0.05, 0) is 0 Å². The summed E-state index contributed by atoms with van der Waals surface area (Å²) < 4.78 is 0. The fourth-order valence-electron chi connectivity index (χ4n) is 0. The molecule has 0 saturated heterocycles. The van der Waals surface area contributed by atoms with Crippen LogP contribution in [0.25, 0.3) is 0 Å². The predicted octanol–water partition coefficient (Wildman–Crippen LogP) is -0.846. The van der Waals surface area contributed by atoms with Crippen LogP contribution < -0.4 is 12.4 Å². The fraction of sp³-hybridized carbons (Fsp3) is 0. The van der Waals surface area contributed by atoms with Gasteiger partial charge in [0, 0.05) is 0 Å². The zero-order valence-corrected chi connectivity index (χ0v) is 10.6. The summed E-state index contributed by atoms with van der Waals surface area (Å²) in [5.41, 5.74) is 0. The molecule has 0 aliphatic carbocycles. The molecule has 0 aliphatic rings. The van der Waals surface area contributed by atoms with E-state index in [0.717, 1.165) is 0 Å². The van der Waals surface area contributed by atoms with Crippen molar-refractivity contribution >= 4 is 97.5 Å². The molecule has 0 aromatic heterocycles. The Balaban J connectivity index is 0. The van der Waals surface area contributed by atoms with Gasteiger partial charge >= 0.3 is 23.1 Å². The molecule has 0 aromatic carbocycles. The van der Waals surface area contributed by atoms with Crippen LogP contribution in [0.15, 0.2) is 0 Å². The van der Waals surface area contributed by atoms with Gasteiger partial charge in [-0.15, -0.1) is 74.4 Å². The minimum Gasteiger partial charge on any atom is -1.00 e. The Kier molecular flexibility index (Phi) is 1610. The maximum Gasteiger partial charge on any atom is 2.00 e. The maximum atomic E-state index is 0. The molecule has 0 radical (unpaired) electrons. The molecule has 8 heavy (non-hydrogen) atoms. The molecule has 0 rings (SSSR count). The Morgan fingerprint density at radius 1 is 0.375 bits per heavy atom. The molecule has 56 valence electrons. The van der Waals surface area contributed by atoms with E-state index >= 15 is 0 Å². The molecule has 0 spiro atoms.